The van der Waals surface area contributed by atoms with Crippen molar-refractivity contribution in [3.05, 3.63) is 70.9 Å². The molecule has 2 aromatic carbocycles. The van der Waals surface area contributed by atoms with Crippen LogP contribution in [0.1, 0.15) is 11.5 Å². The molecule has 0 radical (unpaired) electrons. The summed E-state index contributed by atoms with van der Waals surface area (Å²) >= 11 is 5.29. The number of rotatable bonds is 9. The fraction of sp³-hybridized carbons (Fsp3) is 0.300. The smallest absolute Gasteiger partial charge is 0.288 e. The van der Waals surface area contributed by atoms with E-state index in [-0.39, 0.29) is 0 Å². The summed E-state index contributed by atoms with van der Waals surface area (Å²) in [6.07, 6.45) is 0.585. The van der Waals surface area contributed by atoms with Crippen LogP contribution < -0.4 is 9.47 Å². The molecule has 3 aromatic rings. The highest BCUT2D eigenvalue weighted by Crippen LogP contribution is 2.14. The third-order valence-electron chi connectivity index (χ3n) is 4.02. The van der Waals surface area contributed by atoms with Gasteiger partial charge in [-0.3, -0.25) is 4.90 Å². The summed E-state index contributed by atoms with van der Waals surface area (Å²) in [5.74, 6) is 2.29. The van der Waals surface area contributed by atoms with E-state index in [4.69, 9.17) is 26.1 Å². The Kier molecular flexibility index (Phi) is 6.62. The van der Waals surface area contributed by atoms with E-state index in [0.29, 0.717) is 30.4 Å². The van der Waals surface area contributed by atoms with E-state index >= 15 is 0 Å². The predicted octanol–water partition coefficient (Wildman–Crippen LogP) is 3.77. The number of likely N-dealkylation sites (N-methyl/N-ethyl adjacent to an activating group) is 1. The highest BCUT2D eigenvalue weighted by atomic mass is 32.1. The van der Waals surface area contributed by atoms with Crippen molar-refractivity contribution in [2.45, 2.75) is 13.1 Å². The molecule has 0 atom stereocenters. The normalized spacial score (nSPS) is 10.9. The zero-order valence-corrected chi connectivity index (χ0v) is 16.3. The maximum Gasteiger partial charge on any atom is 0.288 e. The third-order valence-corrected chi connectivity index (χ3v) is 4.32. The SMILES string of the molecule is COc1ccc(Cc2nn(CN(C)CCOc3ccccc3)c(=S)o2)cc1. The Morgan fingerprint density at radius 3 is 2.52 bits per heavy atom. The second kappa shape index (κ2) is 9.34. The van der Waals surface area contributed by atoms with Crippen LogP contribution in [0.25, 0.3) is 0 Å². The number of para-hydroxylation sites is 1. The van der Waals surface area contributed by atoms with Crippen molar-refractivity contribution >= 4 is 12.2 Å². The van der Waals surface area contributed by atoms with Gasteiger partial charge >= 0.3 is 0 Å². The summed E-state index contributed by atoms with van der Waals surface area (Å²) in [5.41, 5.74) is 1.09. The largest absolute Gasteiger partial charge is 0.497 e. The highest BCUT2D eigenvalue weighted by molar-refractivity contribution is 7.71. The van der Waals surface area contributed by atoms with E-state index in [1.54, 1.807) is 11.8 Å². The van der Waals surface area contributed by atoms with Crippen molar-refractivity contribution in [3.8, 4) is 11.5 Å². The molecule has 0 aliphatic rings. The van der Waals surface area contributed by atoms with Gasteiger partial charge in [-0.25, -0.2) is 4.68 Å². The molecule has 3 rings (SSSR count). The Balaban J connectivity index is 1.51. The van der Waals surface area contributed by atoms with Crippen molar-refractivity contribution < 1.29 is 13.9 Å². The molecule has 0 spiro atoms. The van der Waals surface area contributed by atoms with Crippen molar-refractivity contribution in [1.29, 1.82) is 0 Å². The minimum absolute atomic E-state index is 0.370. The number of hydrogen-bond acceptors (Lipinski definition) is 6. The van der Waals surface area contributed by atoms with Crippen LogP contribution in [-0.2, 0) is 13.1 Å². The minimum Gasteiger partial charge on any atom is -0.497 e. The molecule has 0 fully saturated rings. The van der Waals surface area contributed by atoms with Gasteiger partial charge in [0.05, 0.1) is 20.2 Å². The molecular weight excluding hydrogens is 362 g/mol. The standard InChI is InChI=1S/C20H23N3O3S/c1-22(12-13-25-18-6-4-3-5-7-18)15-23-20(27)26-19(21-23)14-16-8-10-17(24-2)11-9-16/h3-11H,12-15H2,1-2H3. The zero-order valence-electron chi connectivity index (χ0n) is 15.5. The summed E-state index contributed by atoms with van der Waals surface area (Å²) in [5, 5.41) is 4.49. The second-order valence-corrected chi connectivity index (χ2v) is 6.52. The van der Waals surface area contributed by atoms with Crippen LogP contribution in [-0.4, -0.2) is 42.0 Å². The topological polar surface area (TPSA) is 52.7 Å². The third kappa shape index (κ3) is 5.67. The average Bonchev–Trinajstić information content (AvgIpc) is 3.02. The summed E-state index contributed by atoms with van der Waals surface area (Å²) in [7, 11) is 3.64. The monoisotopic (exact) mass is 385 g/mol. The van der Waals surface area contributed by atoms with Crippen LogP contribution in [0.4, 0.5) is 0 Å². The maximum atomic E-state index is 5.72. The van der Waals surface area contributed by atoms with Crippen LogP contribution in [0.3, 0.4) is 0 Å². The van der Waals surface area contributed by atoms with E-state index in [2.05, 4.69) is 10.00 Å². The Morgan fingerprint density at radius 2 is 1.81 bits per heavy atom. The van der Waals surface area contributed by atoms with Crippen molar-refractivity contribution in [3.63, 3.8) is 0 Å². The van der Waals surface area contributed by atoms with Crippen LogP contribution >= 0.6 is 12.2 Å². The number of benzene rings is 2. The van der Waals surface area contributed by atoms with Gasteiger partial charge in [0, 0.05) is 6.54 Å². The lowest BCUT2D eigenvalue weighted by Crippen LogP contribution is -2.27. The van der Waals surface area contributed by atoms with Crippen molar-refractivity contribution in [2.24, 2.45) is 0 Å². The molecule has 1 heterocycles. The van der Waals surface area contributed by atoms with Crippen LogP contribution in [0.15, 0.2) is 59.0 Å². The molecule has 0 bridgehead atoms. The summed E-state index contributed by atoms with van der Waals surface area (Å²) in [4.78, 5) is 2.45. The molecule has 0 aliphatic carbocycles. The molecule has 0 saturated carbocycles. The first-order valence-electron chi connectivity index (χ1n) is 8.70. The summed E-state index contributed by atoms with van der Waals surface area (Å²) in [6.45, 7) is 1.88. The van der Waals surface area contributed by atoms with E-state index in [1.165, 1.54) is 0 Å². The molecular formula is C20H23N3O3S. The Labute approximate surface area is 163 Å². The first kappa shape index (κ1) is 19.1. The fourth-order valence-corrected chi connectivity index (χ4v) is 2.76. The zero-order chi connectivity index (χ0) is 19.1. The van der Waals surface area contributed by atoms with Gasteiger partial charge in [0.1, 0.15) is 18.1 Å². The molecule has 142 valence electrons. The Hall–Kier alpha value is -2.64. The number of hydrogen-bond donors (Lipinski definition) is 0. The molecule has 1 aromatic heterocycles. The summed E-state index contributed by atoms with van der Waals surface area (Å²) < 4.78 is 18.2. The first-order valence-corrected chi connectivity index (χ1v) is 9.11. The van der Waals surface area contributed by atoms with E-state index < -0.39 is 0 Å². The quantitative estimate of drug-likeness (QED) is 0.523. The predicted molar refractivity (Wildman–Crippen MR) is 106 cm³/mol. The lowest BCUT2D eigenvalue weighted by atomic mass is 10.1. The van der Waals surface area contributed by atoms with Crippen LogP contribution in [0.2, 0.25) is 0 Å². The van der Waals surface area contributed by atoms with Crippen molar-refractivity contribution in [2.75, 3.05) is 27.3 Å². The van der Waals surface area contributed by atoms with E-state index in [0.717, 1.165) is 23.6 Å². The number of nitrogens with zero attached hydrogens (tertiary/aromatic N) is 3. The fourth-order valence-electron chi connectivity index (χ4n) is 2.56. The molecule has 0 N–H and O–H groups in total. The molecule has 0 saturated heterocycles. The van der Waals surface area contributed by atoms with Gasteiger partial charge in [0.15, 0.2) is 0 Å². The summed E-state index contributed by atoms with van der Waals surface area (Å²) in [6, 6.07) is 17.6. The molecule has 0 aliphatic heterocycles. The first-order chi connectivity index (χ1) is 13.1. The lowest BCUT2D eigenvalue weighted by molar-refractivity contribution is 0.196. The molecule has 0 unspecified atom stereocenters. The lowest BCUT2D eigenvalue weighted by Gasteiger charge is -2.16. The molecule has 27 heavy (non-hydrogen) atoms. The van der Waals surface area contributed by atoms with Gasteiger partial charge in [-0.05, 0) is 49.1 Å². The number of ether oxygens (including phenoxy) is 2. The van der Waals surface area contributed by atoms with Crippen LogP contribution in [0, 0.1) is 4.84 Å². The van der Waals surface area contributed by atoms with Crippen molar-refractivity contribution in [1.82, 2.24) is 14.7 Å². The van der Waals surface area contributed by atoms with Gasteiger partial charge < -0.3 is 13.9 Å². The van der Waals surface area contributed by atoms with Gasteiger partial charge in [0.2, 0.25) is 5.89 Å². The minimum atomic E-state index is 0.370. The van der Waals surface area contributed by atoms with Gasteiger partial charge in [-0.2, -0.15) is 0 Å². The van der Waals surface area contributed by atoms with Gasteiger partial charge in [-0.1, -0.05) is 30.3 Å². The van der Waals surface area contributed by atoms with Gasteiger partial charge in [-0.15, -0.1) is 5.10 Å². The maximum absolute atomic E-state index is 5.72. The van der Waals surface area contributed by atoms with E-state index in [9.17, 15) is 0 Å². The number of methoxy groups -OCH3 is 1. The Bertz CT molecular complexity index is 891. The Morgan fingerprint density at radius 1 is 1.07 bits per heavy atom. The highest BCUT2D eigenvalue weighted by Gasteiger charge is 2.09. The molecule has 0 amide bonds. The molecule has 6 nitrogen and oxygen atoms in total. The van der Waals surface area contributed by atoms with Crippen LogP contribution in [0.5, 0.6) is 11.5 Å². The second-order valence-electron chi connectivity index (χ2n) is 6.17. The average molecular weight is 385 g/mol. The number of aromatic nitrogens is 2. The molecule has 7 heteroatoms. The van der Waals surface area contributed by atoms with Gasteiger partial charge in [0.25, 0.3) is 4.84 Å². The van der Waals surface area contributed by atoms with E-state index in [1.807, 2.05) is 61.6 Å².